The molecule has 6 nitrogen and oxygen atoms in total. The zero-order chi connectivity index (χ0) is 22.8. The van der Waals surface area contributed by atoms with Gasteiger partial charge in [0.15, 0.2) is 0 Å². The lowest BCUT2D eigenvalue weighted by molar-refractivity contribution is -0.137. The summed E-state index contributed by atoms with van der Waals surface area (Å²) >= 11 is 0. The minimum absolute atomic E-state index is 0.0676. The van der Waals surface area contributed by atoms with E-state index >= 15 is 0 Å². The van der Waals surface area contributed by atoms with Gasteiger partial charge in [-0.05, 0) is 43.2 Å². The Balaban J connectivity index is 1.48. The Kier molecular flexibility index (Phi) is 5.20. The first-order valence-electron chi connectivity index (χ1n) is 10.6. The predicted octanol–water partition coefficient (Wildman–Crippen LogP) is 3.34. The number of hydrogen-bond donors (Lipinski definition) is 0. The summed E-state index contributed by atoms with van der Waals surface area (Å²) in [6, 6.07) is 2.05. The van der Waals surface area contributed by atoms with Crippen LogP contribution >= 0.6 is 0 Å². The Bertz CT molecular complexity index is 978. The van der Waals surface area contributed by atoms with E-state index in [9.17, 15) is 26.4 Å². The average molecular weight is 460 g/mol. The summed E-state index contributed by atoms with van der Waals surface area (Å²) in [7, 11) is -3.66. The fraction of sp³-hybridized carbons (Fsp3) is 0.714. The molecule has 0 amide bonds. The first-order valence-corrected chi connectivity index (χ1v) is 12.2. The van der Waals surface area contributed by atoms with Crippen molar-refractivity contribution in [1.29, 1.82) is 0 Å². The number of alkyl halides is 3. The molecule has 172 valence electrons. The number of nitrogens with zero attached hydrogens (tertiary/aromatic N) is 3. The molecule has 0 unspecified atom stereocenters. The number of halogens is 3. The second kappa shape index (κ2) is 7.16. The van der Waals surface area contributed by atoms with E-state index in [0.717, 1.165) is 18.7 Å². The zero-order valence-electron chi connectivity index (χ0n) is 17.9. The van der Waals surface area contributed by atoms with Crippen molar-refractivity contribution in [3.05, 3.63) is 23.9 Å². The molecule has 1 aliphatic heterocycles. The van der Waals surface area contributed by atoms with Crippen LogP contribution in [0.5, 0.6) is 0 Å². The van der Waals surface area contributed by atoms with Crippen molar-refractivity contribution in [2.24, 2.45) is 16.7 Å². The summed E-state index contributed by atoms with van der Waals surface area (Å²) in [4.78, 5) is 18.5. The predicted molar refractivity (Wildman–Crippen MR) is 110 cm³/mol. The third kappa shape index (κ3) is 3.55. The summed E-state index contributed by atoms with van der Waals surface area (Å²) in [6.45, 7) is 6.60. The Morgan fingerprint density at radius 1 is 1.23 bits per heavy atom. The molecule has 3 aliphatic rings. The Hall–Kier alpha value is -1.68. The molecule has 0 spiro atoms. The van der Waals surface area contributed by atoms with Crippen LogP contribution in [0.1, 0.15) is 45.6 Å². The van der Waals surface area contributed by atoms with Gasteiger partial charge < -0.3 is 4.90 Å². The van der Waals surface area contributed by atoms with Gasteiger partial charge in [0.2, 0.25) is 10.0 Å². The summed E-state index contributed by atoms with van der Waals surface area (Å²) in [6.07, 6.45) is -1.68. The van der Waals surface area contributed by atoms with Gasteiger partial charge in [-0.1, -0.05) is 13.8 Å². The van der Waals surface area contributed by atoms with E-state index in [1.165, 1.54) is 10.4 Å². The summed E-state index contributed by atoms with van der Waals surface area (Å²) < 4.78 is 66.4. The summed E-state index contributed by atoms with van der Waals surface area (Å²) in [5.41, 5.74) is -1.95. The summed E-state index contributed by atoms with van der Waals surface area (Å²) in [5.74, 6) is 0.546. The number of carbonyl (C=O) groups excluding carboxylic acids is 1. The molecular formula is C21H28F3N3O3S. The molecule has 2 bridgehead atoms. The van der Waals surface area contributed by atoms with E-state index in [1.54, 1.807) is 0 Å². The van der Waals surface area contributed by atoms with Crippen molar-refractivity contribution in [3.63, 3.8) is 0 Å². The zero-order valence-corrected chi connectivity index (χ0v) is 18.8. The van der Waals surface area contributed by atoms with Gasteiger partial charge in [-0.2, -0.15) is 17.5 Å². The third-order valence-electron chi connectivity index (χ3n) is 7.92. The van der Waals surface area contributed by atoms with E-state index in [4.69, 9.17) is 0 Å². The number of Topliss-reactive ketones (excluding diaryl/α,β-unsaturated/α-hetero) is 1. The molecule has 10 heteroatoms. The maximum absolute atomic E-state index is 13.3. The number of sulfonamides is 1. The van der Waals surface area contributed by atoms with Crippen LogP contribution in [-0.4, -0.2) is 54.9 Å². The van der Waals surface area contributed by atoms with Crippen molar-refractivity contribution in [2.45, 2.75) is 52.3 Å². The van der Waals surface area contributed by atoms with Crippen LogP contribution in [0.2, 0.25) is 0 Å². The van der Waals surface area contributed by atoms with Gasteiger partial charge in [0, 0.05) is 43.7 Å². The molecule has 3 fully saturated rings. The molecule has 0 radical (unpaired) electrons. The number of carbonyl (C=O) groups is 1. The number of hydrogen-bond acceptors (Lipinski definition) is 5. The largest absolute Gasteiger partial charge is 0.417 e. The highest BCUT2D eigenvalue weighted by Gasteiger charge is 2.65. The van der Waals surface area contributed by atoms with Gasteiger partial charge in [-0.15, -0.1) is 0 Å². The molecule has 31 heavy (non-hydrogen) atoms. The number of rotatable bonds is 4. The molecule has 0 aromatic carbocycles. The number of piperazine rings is 1. The van der Waals surface area contributed by atoms with Crippen molar-refractivity contribution in [2.75, 3.05) is 30.3 Å². The molecule has 1 aromatic rings. The molecule has 3 atom stereocenters. The topological polar surface area (TPSA) is 70.6 Å². The van der Waals surface area contributed by atoms with Crippen molar-refractivity contribution < 1.29 is 26.4 Å². The molecule has 1 aromatic heterocycles. The van der Waals surface area contributed by atoms with E-state index in [-0.39, 0.29) is 42.0 Å². The quantitative estimate of drug-likeness (QED) is 0.691. The highest BCUT2D eigenvalue weighted by atomic mass is 32.2. The molecule has 2 saturated carbocycles. The molecule has 1 saturated heterocycles. The van der Waals surface area contributed by atoms with Gasteiger partial charge in [0.1, 0.15) is 11.6 Å². The second-order valence-electron chi connectivity index (χ2n) is 9.73. The van der Waals surface area contributed by atoms with E-state index in [2.05, 4.69) is 4.98 Å². The number of pyridine rings is 1. The lowest BCUT2D eigenvalue weighted by Gasteiger charge is -2.42. The molecule has 0 N–H and O–H groups in total. The first-order chi connectivity index (χ1) is 14.3. The Labute approximate surface area is 180 Å². The van der Waals surface area contributed by atoms with Gasteiger partial charge in [0.05, 0.1) is 11.3 Å². The molecular weight excluding hydrogens is 431 g/mol. The number of fused-ring (bicyclic) bond motifs is 2. The van der Waals surface area contributed by atoms with Crippen LogP contribution in [0.15, 0.2) is 18.3 Å². The van der Waals surface area contributed by atoms with Crippen molar-refractivity contribution >= 4 is 21.6 Å². The minimum Gasteiger partial charge on any atom is -0.351 e. The lowest BCUT2D eigenvalue weighted by atomic mass is 9.70. The maximum Gasteiger partial charge on any atom is 0.417 e. The fourth-order valence-electron chi connectivity index (χ4n) is 5.75. The standard InChI is InChI=1S/C21H28F3N3O3S/c1-14-12-26(8-9-27(14)18-5-4-16(11-25-18)21(22,23)24)31(29,30)13-20-7-6-15(10-17(20)28)19(20,2)3/h4-5,11,14-15H,6-10,12-13H2,1-3H3/t14-,15+,20-/m1/s1. The number of aromatic nitrogens is 1. The highest BCUT2D eigenvalue weighted by Crippen LogP contribution is 2.64. The average Bonchev–Trinajstić information content (AvgIpc) is 3.01. The second-order valence-corrected chi connectivity index (χ2v) is 11.7. The van der Waals surface area contributed by atoms with Crippen molar-refractivity contribution in [1.82, 2.24) is 9.29 Å². The van der Waals surface area contributed by atoms with E-state index in [1.807, 2.05) is 25.7 Å². The first kappa shape index (κ1) is 22.5. The Morgan fingerprint density at radius 2 is 1.94 bits per heavy atom. The van der Waals surface area contributed by atoms with Crippen LogP contribution in [0.3, 0.4) is 0 Å². The summed E-state index contributed by atoms with van der Waals surface area (Å²) in [5, 5.41) is 0. The van der Waals surface area contributed by atoms with Gasteiger partial charge in [0.25, 0.3) is 0 Å². The van der Waals surface area contributed by atoms with E-state index in [0.29, 0.717) is 25.2 Å². The smallest absolute Gasteiger partial charge is 0.351 e. The van der Waals surface area contributed by atoms with Crippen LogP contribution in [0.25, 0.3) is 0 Å². The van der Waals surface area contributed by atoms with Gasteiger partial charge in [-0.25, -0.2) is 13.4 Å². The molecule has 4 rings (SSSR count). The fourth-order valence-corrected chi connectivity index (χ4v) is 8.04. The maximum atomic E-state index is 13.3. The molecule has 2 heterocycles. The number of ketones is 1. The van der Waals surface area contributed by atoms with Gasteiger partial charge in [-0.3, -0.25) is 4.79 Å². The monoisotopic (exact) mass is 459 g/mol. The third-order valence-corrected chi connectivity index (χ3v) is 9.90. The molecule has 2 aliphatic carbocycles. The SMILES string of the molecule is C[C@@H]1CN(S(=O)(=O)C[C@]23CC[C@@H](CC2=O)C3(C)C)CCN1c1ccc(C(F)(F)F)cn1. The van der Waals surface area contributed by atoms with E-state index < -0.39 is 27.2 Å². The van der Waals surface area contributed by atoms with Crippen molar-refractivity contribution in [3.8, 4) is 0 Å². The van der Waals surface area contributed by atoms with Crippen LogP contribution in [-0.2, 0) is 21.0 Å². The van der Waals surface area contributed by atoms with Gasteiger partial charge >= 0.3 is 6.18 Å². The minimum atomic E-state index is -4.45. The normalized spacial score (nSPS) is 31.4. The van der Waals surface area contributed by atoms with Crippen LogP contribution in [0.4, 0.5) is 19.0 Å². The number of anilines is 1. The lowest BCUT2D eigenvalue weighted by Crippen LogP contribution is -2.56. The highest BCUT2D eigenvalue weighted by molar-refractivity contribution is 7.89. The van der Waals surface area contributed by atoms with Crippen LogP contribution in [0, 0.1) is 16.7 Å². The van der Waals surface area contributed by atoms with Crippen LogP contribution < -0.4 is 4.90 Å². The Morgan fingerprint density at radius 3 is 2.42 bits per heavy atom.